The lowest BCUT2D eigenvalue weighted by atomic mass is 9.95. The van der Waals surface area contributed by atoms with E-state index in [-0.39, 0.29) is 35.0 Å². The molecule has 0 saturated carbocycles. The number of carbonyl (C=O) groups is 2. The lowest BCUT2D eigenvalue weighted by molar-refractivity contribution is 0.0292. The summed E-state index contributed by atoms with van der Waals surface area (Å²) in [6.07, 6.45) is 0.287. The molecule has 10 heteroatoms. The number of methoxy groups -OCH3 is 1. The maximum Gasteiger partial charge on any atom is 0.410 e. The molecule has 7 nitrogen and oxygen atoms in total. The summed E-state index contributed by atoms with van der Waals surface area (Å²) in [4.78, 5) is 26.8. The van der Waals surface area contributed by atoms with E-state index < -0.39 is 25.5 Å². The predicted octanol–water partition coefficient (Wildman–Crippen LogP) is 6.26. The molecule has 1 unspecified atom stereocenters. The van der Waals surface area contributed by atoms with Gasteiger partial charge in [0.05, 0.1) is 17.6 Å². The third-order valence-electron chi connectivity index (χ3n) is 6.00. The van der Waals surface area contributed by atoms with Gasteiger partial charge in [-0.05, 0) is 50.9 Å². The van der Waals surface area contributed by atoms with Gasteiger partial charge in [-0.15, -0.1) is 0 Å². The molecule has 2 aromatic rings. The number of aromatic nitrogens is 1. The summed E-state index contributed by atoms with van der Waals surface area (Å²) in [6.45, 7) is 13.7. The molecule has 3 rings (SSSR count). The Morgan fingerprint density at radius 3 is 2.51 bits per heavy atom. The van der Waals surface area contributed by atoms with Crippen LogP contribution in [0.25, 0.3) is 10.9 Å². The summed E-state index contributed by atoms with van der Waals surface area (Å²) in [5.41, 5.74) is 0.587. The quantitative estimate of drug-likeness (QED) is 0.242. The molecule has 0 aliphatic carbocycles. The molecule has 1 aliphatic heterocycles. The van der Waals surface area contributed by atoms with E-state index in [0.29, 0.717) is 31.5 Å². The van der Waals surface area contributed by atoms with Gasteiger partial charge in [0.1, 0.15) is 18.0 Å². The smallest absolute Gasteiger partial charge is 0.410 e. The Morgan fingerprint density at radius 2 is 1.91 bits per heavy atom. The first kappa shape index (κ1) is 27.5. The van der Waals surface area contributed by atoms with Crippen LogP contribution < -0.4 is 0 Å². The molecule has 1 fully saturated rings. The highest BCUT2D eigenvalue weighted by Crippen LogP contribution is 2.38. The van der Waals surface area contributed by atoms with Crippen molar-refractivity contribution in [2.24, 2.45) is 0 Å². The van der Waals surface area contributed by atoms with E-state index >= 15 is 4.39 Å². The zero-order chi connectivity index (χ0) is 26.1. The zero-order valence-electron chi connectivity index (χ0n) is 21.7. The van der Waals surface area contributed by atoms with Crippen LogP contribution in [0.3, 0.4) is 0 Å². The number of likely N-dealkylation sites (tertiary alicyclic amines) is 1. The molecular weight excluding hydrogens is 491 g/mol. The lowest BCUT2D eigenvalue weighted by Gasteiger charge is -2.24. The van der Waals surface area contributed by atoms with Crippen LogP contribution in [-0.2, 0) is 20.9 Å². The van der Waals surface area contributed by atoms with Crippen molar-refractivity contribution in [1.82, 2.24) is 9.47 Å². The Balaban J connectivity index is 1.97. The Labute approximate surface area is 212 Å². The van der Waals surface area contributed by atoms with Gasteiger partial charge in [0, 0.05) is 39.1 Å². The first-order valence-corrected chi connectivity index (χ1v) is 16.0. The third-order valence-corrected chi connectivity index (χ3v) is 7.98. The second-order valence-electron chi connectivity index (χ2n) is 11.2. The van der Waals surface area contributed by atoms with Gasteiger partial charge in [-0.1, -0.05) is 31.2 Å². The van der Waals surface area contributed by atoms with E-state index in [1.807, 2.05) is 20.8 Å². The van der Waals surface area contributed by atoms with Crippen molar-refractivity contribution in [2.45, 2.75) is 71.1 Å². The summed E-state index contributed by atoms with van der Waals surface area (Å²) < 4.78 is 33.2. The molecule has 0 N–H and O–H groups in total. The van der Waals surface area contributed by atoms with E-state index in [2.05, 4.69) is 19.6 Å². The molecular formula is C25H36ClFN2O5Si. The average molecular weight is 527 g/mol. The second-order valence-corrected chi connectivity index (χ2v) is 17.3. The van der Waals surface area contributed by atoms with Gasteiger partial charge in [-0.25, -0.2) is 14.0 Å². The van der Waals surface area contributed by atoms with E-state index in [4.69, 9.17) is 25.8 Å². The monoisotopic (exact) mass is 526 g/mol. The van der Waals surface area contributed by atoms with Gasteiger partial charge in [0.25, 0.3) is 0 Å². The van der Waals surface area contributed by atoms with Crippen LogP contribution >= 0.6 is 11.6 Å². The van der Waals surface area contributed by atoms with E-state index in [1.165, 1.54) is 11.7 Å². The molecule has 1 aliphatic rings. The SMILES string of the molecule is COC(=O)c1cc2c(C3CCN(C(=O)OC(C)(C)C)C3)cc(Cl)c(F)c2n1COCC[Si](C)(C)C. The van der Waals surface area contributed by atoms with Crippen LogP contribution in [0, 0.1) is 5.82 Å². The van der Waals surface area contributed by atoms with Crippen molar-refractivity contribution >= 4 is 42.6 Å². The number of esters is 1. The Kier molecular flexibility index (Phi) is 8.23. The number of nitrogens with zero attached hydrogens (tertiary/aromatic N) is 2. The minimum absolute atomic E-state index is 0.00379. The number of carbonyl (C=O) groups excluding carboxylic acids is 2. The molecule has 0 bridgehead atoms. The summed E-state index contributed by atoms with van der Waals surface area (Å²) in [7, 11) is -0.0284. The van der Waals surface area contributed by atoms with Crippen molar-refractivity contribution in [2.75, 3.05) is 26.8 Å². The summed E-state index contributed by atoms with van der Waals surface area (Å²) in [5.74, 6) is -1.29. The molecule has 194 valence electrons. The van der Waals surface area contributed by atoms with Crippen molar-refractivity contribution in [1.29, 1.82) is 0 Å². The van der Waals surface area contributed by atoms with Crippen molar-refractivity contribution in [3.05, 3.63) is 34.2 Å². The molecule has 1 amide bonds. The fourth-order valence-corrected chi connectivity index (χ4v) is 5.15. The highest BCUT2D eigenvalue weighted by molar-refractivity contribution is 6.76. The molecule has 1 aromatic carbocycles. The molecule has 1 saturated heterocycles. The Bertz CT molecular complexity index is 1110. The van der Waals surface area contributed by atoms with Gasteiger partial charge >= 0.3 is 12.1 Å². The number of halogens is 2. The number of rotatable bonds is 7. The van der Waals surface area contributed by atoms with Crippen LogP contribution in [0.1, 0.15) is 49.2 Å². The van der Waals surface area contributed by atoms with Gasteiger partial charge in [-0.2, -0.15) is 0 Å². The molecule has 1 aromatic heterocycles. The average Bonchev–Trinajstić information content (AvgIpc) is 3.37. The van der Waals surface area contributed by atoms with E-state index in [9.17, 15) is 9.59 Å². The third kappa shape index (κ3) is 6.57. The number of hydrogen-bond donors (Lipinski definition) is 0. The van der Waals surface area contributed by atoms with Gasteiger partial charge in [0.15, 0.2) is 5.82 Å². The fourth-order valence-electron chi connectivity index (χ4n) is 4.18. The van der Waals surface area contributed by atoms with Crippen LogP contribution in [0.4, 0.5) is 9.18 Å². The normalized spacial score (nSPS) is 16.7. The van der Waals surface area contributed by atoms with Gasteiger partial charge in [-0.3, -0.25) is 0 Å². The minimum atomic E-state index is -1.32. The van der Waals surface area contributed by atoms with Crippen LogP contribution in [0.15, 0.2) is 12.1 Å². The topological polar surface area (TPSA) is 70.0 Å². The van der Waals surface area contributed by atoms with Crippen LogP contribution in [0.5, 0.6) is 0 Å². The van der Waals surface area contributed by atoms with Crippen LogP contribution in [-0.4, -0.2) is 62.0 Å². The minimum Gasteiger partial charge on any atom is -0.464 e. The standard InChI is InChI=1S/C25H36ClFN2O5Si/c1-25(2,3)34-24(31)28-9-8-16(14-28)17-12-19(26)21(27)22-18(17)13-20(23(30)32-4)29(22)15-33-10-11-35(5,6)7/h12-13,16H,8-11,14-15H2,1-7H3. The van der Waals surface area contributed by atoms with Gasteiger partial charge < -0.3 is 23.7 Å². The maximum atomic E-state index is 15.4. The lowest BCUT2D eigenvalue weighted by Crippen LogP contribution is -2.35. The van der Waals surface area contributed by atoms with Crippen LogP contribution in [0.2, 0.25) is 30.7 Å². The molecule has 2 heterocycles. The summed E-state index contributed by atoms with van der Waals surface area (Å²) >= 11 is 6.33. The summed E-state index contributed by atoms with van der Waals surface area (Å²) in [5, 5.41) is 0.526. The molecule has 1 atom stereocenters. The molecule has 0 spiro atoms. The van der Waals surface area contributed by atoms with Crippen molar-refractivity contribution < 1.29 is 28.2 Å². The van der Waals surface area contributed by atoms with Crippen molar-refractivity contribution in [3.8, 4) is 0 Å². The number of benzene rings is 1. The fraction of sp³-hybridized carbons (Fsp3) is 0.600. The molecule has 0 radical (unpaired) electrons. The van der Waals surface area contributed by atoms with Gasteiger partial charge in [0.2, 0.25) is 0 Å². The molecule has 35 heavy (non-hydrogen) atoms. The number of fused-ring (bicyclic) bond motifs is 1. The van der Waals surface area contributed by atoms with E-state index in [1.54, 1.807) is 17.0 Å². The second kappa shape index (κ2) is 10.5. The van der Waals surface area contributed by atoms with Crippen molar-refractivity contribution in [3.63, 3.8) is 0 Å². The van der Waals surface area contributed by atoms with E-state index in [0.717, 1.165) is 11.6 Å². The number of amides is 1. The zero-order valence-corrected chi connectivity index (χ0v) is 23.4. The number of ether oxygens (including phenoxy) is 3. The highest BCUT2D eigenvalue weighted by Gasteiger charge is 2.33. The first-order chi connectivity index (χ1) is 16.2. The first-order valence-electron chi connectivity index (χ1n) is 11.9. The Hall–Kier alpha value is -2.10. The predicted molar refractivity (Wildman–Crippen MR) is 138 cm³/mol. The highest BCUT2D eigenvalue weighted by atomic mass is 35.5. The summed E-state index contributed by atoms with van der Waals surface area (Å²) in [6, 6.07) is 4.17. The largest absolute Gasteiger partial charge is 0.464 e. The number of hydrogen-bond acceptors (Lipinski definition) is 5. The maximum absolute atomic E-state index is 15.4. The Morgan fingerprint density at radius 1 is 1.23 bits per heavy atom.